The van der Waals surface area contributed by atoms with Gasteiger partial charge in [-0.2, -0.15) is 0 Å². The summed E-state index contributed by atoms with van der Waals surface area (Å²) < 4.78 is 55.5. The van der Waals surface area contributed by atoms with E-state index < -0.39 is 32.5 Å². The van der Waals surface area contributed by atoms with Crippen LogP contribution in [0.5, 0.6) is 5.75 Å². The summed E-state index contributed by atoms with van der Waals surface area (Å²) in [5, 5.41) is 2.61. The minimum absolute atomic E-state index is 0.326. The number of rotatable bonds is 10. The number of nitrogens with zero attached hydrogens (tertiary/aromatic N) is 2. The lowest BCUT2D eigenvalue weighted by molar-refractivity contribution is -0.114. The van der Waals surface area contributed by atoms with E-state index in [0.29, 0.717) is 29.4 Å². The number of benzene rings is 2. The van der Waals surface area contributed by atoms with Gasteiger partial charge in [-0.3, -0.25) is 13.4 Å². The van der Waals surface area contributed by atoms with Gasteiger partial charge >= 0.3 is 0 Å². The maximum atomic E-state index is 12.6. The Morgan fingerprint density at radius 1 is 0.968 bits per heavy atom. The molecular formula is C20H27N3O6S2. The molecule has 2 aromatic carbocycles. The summed E-state index contributed by atoms with van der Waals surface area (Å²) in [6.07, 6.45) is 2.93. The third-order valence-electron chi connectivity index (χ3n) is 4.28. The third kappa shape index (κ3) is 7.14. The quantitative estimate of drug-likeness (QED) is 0.571. The zero-order valence-corrected chi connectivity index (χ0v) is 19.5. The molecule has 0 aromatic heterocycles. The van der Waals surface area contributed by atoms with Crippen molar-refractivity contribution in [1.29, 1.82) is 0 Å². The number of hydrogen-bond donors (Lipinski definition) is 1. The first-order chi connectivity index (χ1) is 14.4. The highest BCUT2D eigenvalue weighted by atomic mass is 32.2. The van der Waals surface area contributed by atoms with Crippen LogP contribution in [0.3, 0.4) is 0 Å². The van der Waals surface area contributed by atoms with Crippen LogP contribution >= 0.6 is 0 Å². The first-order valence-electron chi connectivity index (χ1n) is 9.46. The Bertz CT molecular complexity index is 1120. The van der Waals surface area contributed by atoms with Crippen molar-refractivity contribution < 1.29 is 26.4 Å². The number of nitrogens with one attached hydrogen (secondary N) is 1. The van der Waals surface area contributed by atoms with Gasteiger partial charge in [0, 0.05) is 12.7 Å². The summed E-state index contributed by atoms with van der Waals surface area (Å²) in [6, 6.07) is 12.7. The molecule has 0 heterocycles. The average molecular weight is 470 g/mol. The monoisotopic (exact) mass is 469 g/mol. The molecule has 0 bridgehead atoms. The first kappa shape index (κ1) is 24.5. The van der Waals surface area contributed by atoms with Gasteiger partial charge in [0.25, 0.3) is 0 Å². The highest BCUT2D eigenvalue weighted by molar-refractivity contribution is 7.92. The van der Waals surface area contributed by atoms with Crippen LogP contribution in [0.2, 0.25) is 0 Å². The van der Waals surface area contributed by atoms with Crippen LogP contribution in [0.4, 0.5) is 17.1 Å². The first-order valence-corrected chi connectivity index (χ1v) is 13.2. The normalized spacial score (nSPS) is 11.6. The van der Waals surface area contributed by atoms with Gasteiger partial charge in [0.05, 0.1) is 30.5 Å². The fraction of sp³-hybridized carbons (Fsp3) is 0.350. The fourth-order valence-corrected chi connectivity index (χ4v) is 3.98. The second-order valence-electron chi connectivity index (χ2n) is 6.94. The Morgan fingerprint density at radius 3 is 2.16 bits per heavy atom. The molecule has 0 aliphatic heterocycles. The molecule has 9 nitrogen and oxygen atoms in total. The van der Waals surface area contributed by atoms with Crippen molar-refractivity contribution in [3.05, 3.63) is 48.5 Å². The van der Waals surface area contributed by atoms with Crippen molar-refractivity contribution in [2.75, 3.05) is 46.6 Å². The Balaban J connectivity index is 2.17. The molecule has 0 aliphatic rings. The van der Waals surface area contributed by atoms with Crippen LogP contribution in [0.15, 0.2) is 48.5 Å². The largest absolute Gasteiger partial charge is 0.494 e. The maximum absolute atomic E-state index is 12.6. The molecule has 31 heavy (non-hydrogen) atoms. The summed E-state index contributed by atoms with van der Waals surface area (Å²) in [7, 11) is -5.80. The van der Waals surface area contributed by atoms with Crippen LogP contribution in [0.1, 0.15) is 13.3 Å². The number of sulfonamides is 2. The second-order valence-corrected chi connectivity index (χ2v) is 10.9. The van der Waals surface area contributed by atoms with Crippen LogP contribution < -0.4 is 18.7 Å². The summed E-state index contributed by atoms with van der Waals surface area (Å²) in [4.78, 5) is 12.6. The average Bonchev–Trinajstić information content (AvgIpc) is 2.69. The standard InChI is InChI=1S/C20H27N3O6S2/c1-5-13-29-19-11-9-17(10-12-19)23(31(4,27)28)15-20(24)21-16-7-6-8-18(14-16)22(2)30(3,25)26/h6-12,14H,5,13,15H2,1-4H3,(H,21,24). The van der Waals surface area contributed by atoms with Crippen molar-refractivity contribution in [1.82, 2.24) is 0 Å². The van der Waals surface area contributed by atoms with Crippen molar-refractivity contribution in [3.63, 3.8) is 0 Å². The number of carbonyl (C=O) groups excluding carboxylic acids is 1. The lowest BCUT2D eigenvalue weighted by Crippen LogP contribution is -2.37. The van der Waals surface area contributed by atoms with Crippen LogP contribution in [-0.2, 0) is 24.8 Å². The molecule has 0 aliphatic carbocycles. The molecule has 2 aromatic rings. The number of ether oxygens (including phenoxy) is 1. The molecule has 0 atom stereocenters. The minimum atomic E-state index is -3.73. The number of carbonyl (C=O) groups is 1. The lowest BCUT2D eigenvalue weighted by atomic mass is 10.2. The molecule has 0 saturated carbocycles. The molecule has 170 valence electrons. The summed E-state index contributed by atoms with van der Waals surface area (Å²) in [5.74, 6) is 0.0335. The maximum Gasteiger partial charge on any atom is 0.245 e. The summed E-state index contributed by atoms with van der Waals surface area (Å²) in [5.41, 5.74) is 1.03. The predicted octanol–water partition coefficient (Wildman–Crippen LogP) is 2.28. The van der Waals surface area contributed by atoms with E-state index in [4.69, 9.17) is 4.74 Å². The van der Waals surface area contributed by atoms with E-state index in [0.717, 1.165) is 27.5 Å². The van der Waals surface area contributed by atoms with E-state index in [1.807, 2.05) is 6.92 Å². The molecule has 11 heteroatoms. The number of hydrogen-bond acceptors (Lipinski definition) is 6. The lowest BCUT2D eigenvalue weighted by Gasteiger charge is -2.22. The van der Waals surface area contributed by atoms with Crippen molar-refractivity contribution in [2.45, 2.75) is 13.3 Å². The molecular weight excluding hydrogens is 442 g/mol. The molecule has 0 radical (unpaired) electrons. The van der Waals surface area contributed by atoms with Gasteiger partial charge in [0.2, 0.25) is 26.0 Å². The zero-order valence-electron chi connectivity index (χ0n) is 17.9. The molecule has 1 amide bonds. The second kappa shape index (κ2) is 10.0. The van der Waals surface area contributed by atoms with Crippen LogP contribution in [0.25, 0.3) is 0 Å². The number of amides is 1. The van der Waals surface area contributed by atoms with Gasteiger partial charge in [0.15, 0.2) is 0 Å². The molecule has 0 fully saturated rings. The third-order valence-corrected chi connectivity index (χ3v) is 6.62. The van der Waals surface area contributed by atoms with E-state index >= 15 is 0 Å². The minimum Gasteiger partial charge on any atom is -0.494 e. The SMILES string of the molecule is CCCOc1ccc(N(CC(=O)Nc2cccc(N(C)S(C)(=O)=O)c2)S(C)(=O)=O)cc1. The summed E-state index contributed by atoms with van der Waals surface area (Å²) >= 11 is 0. The Kier molecular flexibility index (Phi) is 7.91. The van der Waals surface area contributed by atoms with Gasteiger partial charge in [-0.15, -0.1) is 0 Å². The van der Waals surface area contributed by atoms with Gasteiger partial charge in [-0.05, 0) is 48.9 Å². The van der Waals surface area contributed by atoms with E-state index in [-0.39, 0.29) is 0 Å². The summed E-state index contributed by atoms with van der Waals surface area (Å²) in [6.45, 7) is 2.08. The predicted molar refractivity (Wildman–Crippen MR) is 123 cm³/mol. The Hall–Kier alpha value is -2.79. The van der Waals surface area contributed by atoms with E-state index in [1.54, 1.807) is 42.5 Å². The zero-order chi connectivity index (χ0) is 23.2. The highest BCUT2D eigenvalue weighted by Crippen LogP contribution is 2.23. The van der Waals surface area contributed by atoms with Gasteiger partial charge in [-0.1, -0.05) is 13.0 Å². The van der Waals surface area contributed by atoms with Crippen molar-refractivity contribution >= 4 is 43.0 Å². The molecule has 0 unspecified atom stereocenters. The van der Waals surface area contributed by atoms with E-state index in [9.17, 15) is 21.6 Å². The van der Waals surface area contributed by atoms with E-state index in [2.05, 4.69) is 5.32 Å². The van der Waals surface area contributed by atoms with Crippen LogP contribution in [-0.4, -0.2) is 55.5 Å². The van der Waals surface area contributed by atoms with Gasteiger partial charge in [0.1, 0.15) is 12.3 Å². The number of anilines is 3. The Morgan fingerprint density at radius 2 is 1.61 bits per heavy atom. The van der Waals surface area contributed by atoms with Crippen molar-refractivity contribution in [2.24, 2.45) is 0 Å². The molecule has 0 spiro atoms. The Labute approximate surface area is 183 Å². The topological polar surface area (TPSA) is 113 Å². The van der Waals surface area contributed by atoms with Crippen molar-refractivity contribution in [3.8, 4) is 5.75 Å². The van der Waals surface area contributed by atoms with Gasteiger partial charge in [-0.25, -0.2) is 16.8 Å². The molecule has 0 saturated heterocycles. The highest BCUT2D eigenvalue weighted by Gasteiger charge is 2.21. The smallest absolute Gasteiger partial charge is 0.245 e. The van der Waals surface area contributed by atoms with Crippen LogP contribution in [0, 0.1) is 0 Å². The molecule has 1 N–H and O–H groups in total. The fourth-order valence-electron chi connectivity index (χ4n) is 2.63. The molecule has 2 rings (SSSR count). The van der Waals surface area contributed by atoms with E-state index in [1.165, 1.54) is 13.1 Å². The van der Waals surface area contributed by atoms with Gasteiger partial charge < -0.3 is 10.1 Å².